The third kappa shape index (κ3) is 5.17. The number of nitrogens with one attached hydrogen (secondary N) is 1. The van der Waals surface area contributed by atoms with Gasteiger partial charge in [-0.25, -0.2) is 8.42 Å². The van der Waals surface area contributed by atoms with E-state index in [4.69, 9.17) is 0 Å². The van der Waals surface area contributed by atoms with Crippen LogP contribution in [0.15, 0.2) is 88.8 Å². The van der Waals surface area contributed by atoms with Crippen LogP contribution in [-0.2, 0) is 20.4 Å². The van der Waals surface area contributed by atoms with Gasteiger partial charge in [-0.2, -0.15) is 0 Å². The number of thioether (sulfide) groups is 1. The number of anilines is 1. The van der Waals surface area contributed by atoms with Crippen LogP contribution in [0.3, 0.4) is 0 Å². The summed E-state index contributed by atoms with van der Waals surface area (Å²) < 4.78 is 28.5. The van der Waals surface area contributed by atoms with Gasteiger partial charge < -0.3 is 5.32 Å². The standard InChI is InChI=1S/C22H14Br3NO3S2/c23-14-6-4-13(5-7-14)10-21-22(27)26-19-11-15(8-9-20(19)30-21)31(28,29)12-16-17(24)2-1-3-18(16)25/h1-11H,12H2,(H,26,27)/b21-10+. The van der Waals surface area contributed by atoms with Crippen LogP contribution in [0, 0.1) is 0 Å². The van der Waals surface area contributed by atoms with Crippen molar-refractivity contribution in [1.82, 2.24) is 0 Å². The maximum absolute atomic E-state index is 13.0. The highest BCUT2D eigenvalue weighted by molar-refractivity contribution is 9.11. The molecule has 4 nitrogen and oxygen atoms in total. The maximum Gasteiger partial charge on any atom is 0.262 e. The zero-order valence-corrected chi connectivity index (χ0v) is 22.1. The molecule has 4 rings (SSSR count). The molecule has 0 saturated heterocycles. The zero-order chi connectivity index (χ0) is 22.2. The van der Waals surface area contributed by atoms with Gasteiger partial charge in [0, 0.05) is 18.3 Å². The van der Waals surface area contributed by atoms with Crippen LogP contribution in [0.25, 0.3) is 6.08 Å². The highest BCUT2D eigenvalue weighted by atomic mass is 79.9. The molecule has 0 unspecified atom stereocenters. The van der Waals surface area contributed by atoms with Gasteiger partial charge in [0.15, 0.2) is 9.84 Å². The van der Waals surface area contributed by atoms with Crippen LogP contribution < -0.4 is 5.32 Å². The van der Waals surface area contributed by atoms with E-state index in [1.807, 2.05) is 36.4 Å². The zero-order valence-electron chi connectivity index (χ0n) is 15.7. The molecule has 1 aliphatic rings. The number of rotatable bonds is 4. The quantitative estimate of drug-likeness (QED) is 0.310. The Balaban J connectivity index is 1.62. The lowest BCUT2D eigenvalue weighted by Crippen LogP contribution is -2.18. The summed E-state index contributed by atoms with van der Waals surface area (Å²) in [5, 5.41) is 2.82. The average Bonchev–Trinajstić information content (AvgIpc) is 2.72. The third-order valence-corrected chi connectivity index (χ3v) is 9.32. The Labute approximate surface area is 209 Å². The van der Waals surface area contributed by atoms with E-state index >= 15 is 0 Å². The molecule has 0 saturated carbocycles. The van der Waals surface area contributed by atoms with Gasteiger partial charge in [0.1, 0.15) is 0 Å². The Morgan fingerprint density at radius 2 is 1.61 bits per heavy atom. The lowest BCUT2D eigenvalue weighted by molar-refractivity contribution is -0.112. The molecular formula is C22H14Br3NO3S2. The van der Waals surface area contributed by atoms with E-state index in [2.05, 4.69) is 53.1 Å². The Hall–Kier alpha value is -1.39. The molecular weight excluding hydrogens is 630 g/mol. The highest BCUT2D eigenvalue weighted by Gasteiger charge is 2.25. The van der Waals surface area contributed by atoms with E-state index in [1.54, 1.807) is 24.3 Å². The van der Waals surface area contributed by atoms with E-state index in [1.165, 1.54) is 17.8 Å². The molecule has 1 amide bonds. The molecule has 0 spiro atoms. The van der Waals surface area contributed by atoms with Gasteiger partial charge in [0.2, 0.25) is 0 Å². The van der Waals surface area contributed by atoms with E-state index in [0.29, 0.717) is 16.2 Å². The third-order valence-electron chi connectivity index (χ3n) is 4.57. The first-order valence-electron chi connectivity index (χ1n) is 8.99. The van der Waals surface area contributed by atoms with Crippen molar-refractivity contribution < 1.29 is 13.2 Å². The number of benzene rings is 3. The number of sulfone groups is 1. The van der Waals surface area contributed by atoms with Crippen molar-refractivity contribution in [2.45, 2.75) is 15.5 Å². The SMILES string of the molecule is O=C1Nc2cc(S(=O)(=O)Cc3c(Br)cccc3Br)ccc2S/C1=C/c1ccc(Br)cc1. The molecule has 1 aliphatic heterocycles. The number of hydrogen-bond donors (Lipinski definition) is 1. The molecule has 0 aromatic heterocycles. The molecule has 1 heterocycles. The highest BCUT2D eigenvalue weighted by Crippen LogP contribution is 2.40. The molecule has 3 aromatic carbocycles. The molecule has 0 radical (unpaired) electrons. The van der Waals surface area contributed by atoms with Crippen LogP contribution in [0.1, 0.15) is 11.1 Å². The second-order valence-electron chi connectivity index (χ2n) is 6.73. The van der Waals surface area contributed by atoms with E-state index in [0.717, 1.165) is 23.9 Å². The smallest absolute Gasteiger partial charge is 0.262 e. The van der Waals surface area contributed by atoms with Gasteiger partial charge in [-0.1, -0.05) is 77.8 Å². The number of fused-ring (bicyclic) bond motifs is 1. The minimum absolute atomic E-state index is 0.162. The van der Waals surface area contributed by atoms with Crippen LogP contribution in [-0.4, -0.2) is 14.3 Å². The summed E-state index contributed by atoms with van der Waals surface area (Å²) in [5.41, 5.74) is 2.05. The minimum Gasteiger partial charge on any atom is -0.320 e. The molecule has 9 heteroatoms. The summed E-state index contributed by atoms with van der Waals surface area (Å²) in [6.07, 6.45) is 1.81. The van der Waals surface area contributed by atoms with Crippen molar-refractivity contribution >= 4 is 87.1 Å². The first-order chi connectivity index (χ1) is 14.7. The number of carbonyl (C=O) groups excluding carboxylic acids is 1. The van der Waals surface area contributed by atoms with Crippen molar-refractivity contribution in [3.63, 3.8) is 0 Å². The van der Waals surface area contributed by atoms with Crippen molar-refractivity contribution in [3.8, 4) is 0 Å². The number of carbonyl (C=O) groups is 1. The molecule has 0 atom stereocenters. The van der Waals surface area contributed by atoms with E-state index in [9.17, 15) is 13.2 Å². The maximum atomic E-state index is 13.0. The van der Waals surface area contributed by atoms with Crippen LogP contribution in [0.5, 0.6) is 0 Å². The van der Waals surface area contributed by atoms with Gasteiger partial charge in [0.05, 0.1) is 21.2 Å². The summed E-state index contributed by atoms with van der Waals surface area (Å²) in [5.74, 6) is -0.424. The summed E-state index contributed by atoms with van der Waals surface area (Å²) in [6.45, 7) is 0. The molecule has 0 fully saturated rings. The fraction of sp³-hybridized carbons (Fsp3) is 0.0455. The predicted molar refractivity (Wildman–Crippen MR) is 136 cm³/mol. The lowest BCUT2D eigenvalue weighted by atomic mass is 10.2. The second-order valence-corrected chi connectivity index (χ2v) is 12.4. The fourth-order valence-corrected chi connectivity index (χ4v) is 7.26. The van der Waals surface area contributed by atoms with Gasteiger partial charge in [-0.05, 0) is 59.7 Å². The molecule has 0 aliphatic carbocycles. The second kappa shape index (κ2) is 9.23. The number of amides is 1. The van der Waals surface area contributed by atoms with Crippen molar-refractivity contribution in [2.24, 2.45) is 0 Å². The van der Waals surface area contributed by atoms with E-state index in [-0.39, 0.29) is 16.6 Å². The molecule has 158 valence electrons. The Bertz CT molecular complexity index is 1300. The Morgan fingerprint density at radius 3 is 2.29 bits per heavy atom. The van der Waals surface area contributed by atoms with Gasteiger partial charge in [-0.3, -0.25) is 4.79 Å². The molecule has 0 bridgehead atoms. The van der Waals surface area contributed by atoms with Crippen LogP contribution >= 0.6 is 59.6 Å². The Kier molecular flexibility index (Phi) is 6.79. The van der Waals surface area contributed by atoms with Gasteiger partial charge in [-0.15, -0.1) is 0 Å². The molecule has 31 heavy (non-hydrogen) atoms. The molecule has 1 N–H and O–H groups in total. The fourth-order valence-electron chi connectivity index (χ4n) is 2.99. The van der Waals surface area contributed by atoms with Gasteiger partial charge >= 0.3 is 0 Å². The normalized spacial score (nSPS) is 14.9. The topological polar surface area (TPSA) is 63.2 Å². The lowest BCUT2D eigenvalue weighted by Gasteiger charge is -2.19. The van der Waals surface area contributed by atoms with Crippen molar-refractivity contribution in [1.29, 1.82) is 0 Å². The average molecular weight is 644 g/mol. The summed E-state index contributed by atoms with van der Waals surface area (Å²) >= 11 is 11.5. The van der Waals surface area contributed by atoms with Crippen molar-refractivity contribution in [2.75, 3.05) is 5.32 Å². The molecule has 3 aromatic rings. The largest absolute Gasteiger partial charge is 0.320 e. The van der Waals surface area contributed by atoms with Gasteiger partial charge in [0.25, 0.3) is 5.91 Å². The summed E-state index contributed by atoms with van der Waals surface area (Å²) in [7, 11) is -3.62. The first kappa shape index (κ1) is 22.8. The monoisotopic (exact) mass is 641 g/mol. The summed E-state index contributed by atoms with van der Waals surface area (Å²) in [6, 6.07) is 17.9. The minimum atomic E-state index is -3.62. The van der Waals surface area contributed by atoms with Crippen LogP contribution in [0.4, 0.5) is 5.69 Å². The van der Waals surface area contributed by atoms with Crippen LogP contribution in [0.2, 0.25) is 0 Å². The Morgan fingerprint density at radius 1 is 0.935 bits per heavy atom. The number of halogens is 3. The number of hydrogen-bond acceptors (Lipinski definition) is 4. The summed E-state index contributed by atoms with van der Waals surface area (Å²) in [4.78, 5) is 14.1. The van der Waals surface area contributed by atoms with E-state index < -0.39 is 9.84 Å². The van der Waals surface area contributed by atoms with Crippen molar-refractivity contribution in [3.05, 3.63) is 90.1 Å². The predicted octanol–water partition coefficient (Wildman–Crippen LogP) is 7.03. The first-order valence-corrected chi connectivity index (χ1v) is 13.8.